The van der Waals surface area contributed by atoms with Crippen LogP contribution >= 0.6 is 23.6 Å². The van der Waals surface area contributed by atoms with E-state index >= 15 is 0 Å². The van der Waals surface area contributed by atoms with Gasteiger partial charge in [0.1, 0.15) is 10.5 Å². The summed E-state index contributed by atoms with van der Waals surface area (Å²) in [6, 6.07) is 6.43. The minimum atomic E-state index is -0.356. The molecule has 3 rings (SSSR count). The number of H-pyrrole nitrogens is 1. The number of rotatable bonds is 1. The molecule has 0 fully saturated rings. The average Bonchev–Trinajstić information content (AvgIpc) is 2.82. The molecule has 19 heavy (non-hydrogen) atoms. The van der Waals surface area contributed by atoms with Gasteiger partial charge >= 0.3 is 0 Å². The Morgan fingerprint density at radius 3 is 2.89 bits per heavy atom. The van der Waals surface area contributed by atoms with Crippen LogP contribution in [0.5, 0.6) is 0 Å². The van der Waals surface area contributed by atoms with E-state index in [0.29, 0.717) is 21.5 Å². The van der Waals surface area contributed by atoms with Gasteiger partial charge in [-0.15, -0.1) is 11.3 Å². The summed E-state index contributed by atoms with van der Waals surface area (Å²) in [5.74, 6) is -0.356. The molecule has 3 nitrogen and oxygen atoms in total. The van der Waals surface area contributed by atoms with Gasteiger partial charge in [0.25, 0.3) is 5.56 Å². The zero-order chi connectivity index (χ0) is 13.6. The highest BCUT2D eigenvalue weighted by atomic mass is 32.1. The fraction of sp³-hybridized carbons (Fsp3) is 0.0769. The van der Waals surface area contributed by atoms with Crippen LogP contribution in [-0.2, 0) is 0 Å². The number of aromatic nitrogens is 2. The van der Waals surface area contributed by atoms with E-state index in [0.717, 1.165) is 0 Å². The summed E-state index contributed by atoms with van der Waals surface area (Å²) in [7, 11) is 0. The lowest BCUT2D eigenvalue weighted by Crippen LogP contribution is -2.19. The number of aryl methyl sites for hydroxylation is 1. The number of hydrogen-bond acceptors (Lipinski definition) is 3. The van der Waals surface area contributed by atoms with Crippen molar-refractivity contribution in [3.05, 3.63) is 56.2 Å². The molecule has 0 amide bonds. The summed E-state index contributed by atoms with van der Waals surface area (Å²) in [4.78, 5) is 15.3. The number of thiophene rings is 1. The summed E-state index contributed by atoms with van der Waals surface area (Å²) >= 11 is 6.51. The first-order chi connectivity index (χ1) is 9.08. The van der Waals surface area contributed by atoms with Crippen molar-refractivity contribution in [1.82, 2.24) is 9.55 Å². The second-order valence-corrected chi connectivity index (χ2v) is 5.47. The van der Waals surface area contributed by atoms with Gasteiger partial charge in [-0.25, -0.2) is 4.39 Å². The SMILES string of the molecule is Cc1ccc(-n2c(=S)[nH]c3ccsc3c2=O)cc1F. The number of hydrogen-bond donors (Lipinski definition) is 1. The summed E-state index contributed by atoms with van der Waals surface area (Å²) in [6.07, 6.45) is 0. The summed E-state index contributed by atoms with van der Waals surface area (Å²) in [5.41, 5.74) is 1.45. The normalized spacial score (nSPS) is 11.1. The van der Waals surface area contributed by atoms with Crippen LogP contribution in [0.1, 0.15) is 5.56 Å². The molecule has 3 aromatic rings. The first-order valence-electron chi connectivity index (χ1n) is 5.57. The van der Waals surface area contributed by atoms with E-state index in [1.807, 2.05) is 5.38 Å². The fourth-order valence-corrected chi connectivity index (χ4v) is 2.97. The Morgan fingerprint density at radius 1 is 1.37 bits per heavy atom. The zero-order valence-corrected chi connectivity index (χ0v) is 11.6. The van der Waals surface area contributed by atoms with Gasteiger partial charge in [-0.3, -0.25) is 9.36 Å². The molecule has 96 valence electrons. The monoisotopic (exact) mass is 292 g/mol. The van der Waals surface area contributed by atoms with E-state index in [4.69, 9.17) is 12.2 Å². The molecule has 6 heteroatoms. The Kier molecular flexibility index (Phi) is 2.83. The van der Waals surface area contributed by atoms with Crippen LogP contribution in [0.4, 0.5) is 4.39 Å². The van der Waals surface area contributed by atoms with Gasteiger partial charge in [0, 0.05) is 0 Å². The summed E-state index contributed by atoms with van der Waals surface area (Å²) in [6.45, 7) is 1.67. The average molecular weight is 292 g/mol. The van der Waals surface area contributed by atoms with E-state index in [-0.39, 0.29) is 16.1 Å². The van der Waals surface area contributed by atoms with Crippen LogP contribution in [0.15, 0.2) is 34.4 Å². The molecule has 0 bridgehead atoms. The van der Waals surface area contributed by atoms with E-state index in [2.05, 4.69) is 4.98 Å². The van der Waals surface area contributed by atoms with Crippen molar-refractivity contribution in [3.8, 4) is 5.69 Å². The molecule has 0 atom stereocenters. The van der Waals surface area contributed by atoms with Crippen LogP contribution in [-0.4, -0.2) is 9.55 Å². The molecule has 0 radical (unpaired) electrons. The van der Waals surface area contributed by atoms with E-state index in [9.17, 15) is 9.18 Å². The molecule has 1 aromatic carbocycles. The van der Waals surface area contributed by atoms with Gasteiger partial charge in [-0.2, -0.15) is 0 Å². The molecular formula is C13H9FN2OS2. The number of aromatic amines is 1. The molecule has 0 unspecified atom stereocenters. The summed E-state index contributed by atoms with van der Waals surface area (Å²) in [5, 5.41) is 1.82. The highest BCUT2D eigenvalue weighted by Gasteiger charge is 2.09. The van der Waals surface area contributed by atoms with Crippen molar-refractivity contribution >= 4 is 33.8 Å². The van der Waals surface area contributed by atoms with Gasteiger partial charge in [-0.05, 0) is 48.3 Å². The highest BCUT2D eigenvalue weighted by Crippen LogP contribution is 2.17. The Morgan fingerprint density at radius 2 is 2.16 bits per heavy atom. The smallest absolute Gasteiger partial charge is 0.276 e. The predicted octanol–water partition coefficient (Wildman–Crippen LogP) is 3.56. The van der Waals surface area contributed by atoms with Crippen LogP contribution < -0.4 is 5.56 Å². The quantitative estimate of drug-likeness (QED) is 0.696. The maximum atomic E-state index is 13.6. The van der Waals surface area contributed by atoms with Gasteiger partial charge in [0.2, 0.25) is 0 Å². The largest absolute Gasteiger partial charge is 0.331 e. The van der Waals surface area contributed by atoms with Gasteiger partial charge in [0.15, 0.2) is 4.77 Å². The second-order valence-electron chi connectivity index (χ2n) is 4.17. The van der Waals surface area contributed by atoms with Crippen LogP contribution in [0.2, 0.25) is 0 Å². The first-order valence-corrected chi connectivity index (χ1v) is 6.86. The third kappa shape index (κ3) is 1.93. The van der Waals surface area contributed by atoms with Crippen molar-refractivity contribution in [2.75, 3.05) is 0 Å². The Hall–Kier alpha value is -1.79. The molecule has 2 heterocycles. The van der Waals surface area contributed by atoms with E-state index in [1.165, 1.54) is 22.0 Å². The predicted molar refractivity (Wildman–Crippen MR) is 77.3 cm³/mol. The minimum absolute atomic E-state index is 0.225. The van der Waals surface area contributed by atoms with Crippen molar-refractivity contribution in [3.63, 3.8) is 0 Å². The topological polar surface area (TPSA) is 37.8 Å². The lowest BCUT2D eigenvalue weighted by Gasteiger charge is -2.07. The number of nitrogens with one attached hydrogen (secondary N) is 1. The minimum Gasteiger partial charge on any atom is -0.331 e. The molecule has 0 aliphatic rings. The van der Waals surface area contributed by atoms with E-state index < -0.39 is 0 Å². The Bertz CT molecular complexity index is 892. The number of fused-ring (bicyclic) bond motifs is 1. The lowest BCUT2D eigenvalue weighted by atomic mass is 10.2. The summed E-state index contributed by atoms with van der Waals surface area (Å²) < 4.78 is 15.8. The van der Waals surface area contributed by atoms with Crippen molar-refractivity contribution in [2.24, 2.45) is 0 Å². The number of halogens is 1. The Balaban J connectivity index is 2.38. The van der Waals surface area contributed by atoms with Crippen molar-refractivity contribution in [2.45, 2.75) is 6.92 Å². The van der Waals surface area contributed by atoms with Crippen molar-refractivity contribution < 1.29 is 4.39 Å². The maximum Gasteiger partial charge on any atom is 0.276 e. The molecule has 0 spiro atoms. The molecule has 0 saturated heterocycles. The van der Waals surface area contributed by atoms with E-state index in [1.54, 1.807) is 25.1 Å². The van der Waals surface area contributed by atoms with Crippen LogP contribution in [0.25, 0.3) is 15.9 Å². The van der Waals surface area contributed by atoms with Crippen LogP contribution in [0, 0.1) is 17.5 Å². The third-order valence-corrected chi connectivity index (χ3v) is 4.11. The first kappa shape index (κ1) is 12.3. The molecule has 0 aliphatic heterocycles. The molecule has 2 aromatic heterocycles. The number of nitrogens with zero attached hydrogens (tertiary/aromatic N) is 1. The zero-order valence-electron chi connectivity index (χ0n) is 9.94. The molecule has 1 N–H and O–H groups in total. The van der Waals surface area contributed by atoms with Crippen molar-refractivity contribution in [1.29, 1.82) is 0 Å². The third-order valence-electron chi connectivity index (χ3n) is 2.92. The molecule has 0 saturated carbocycles. The number of benzene rings is 1. The lowest BCUT2D eigenvalue weighted by molar-refractivity contribution is 0.617. The van der Waals surface area contributed by atoms with Crippen LogP contribution in [0.3, 0.4) is 0 Å². The Labute approximate surface area is 117 Å². The van der Waals surface area contributed by atoms with Gasteiger partial charge in [0.05, 0.1) is 11.2 Å². The van der Waals surface area contributed by atoms with Gasteiger partial charge in [-0.1, -0.05) is 6.07 Å². The van der Waals surface area contributed by atoms with Gasteiger partial charge < -0.3 is 4.98 Å². The molecular weight excluding hydrogens is 283 g/mol. The highest BCUT2D eigenvalue weighted by molar-refractivity contribution is 7.71. The standard InChI is InChI=1S/C13H9FN2OS2/c1-7-2-3-8(6-9(7)14)16-12(17)11-10(4-5-19-11)15-13(16)18/h2-6H,1H3,(H,15,18). The molecule has 0 aliphatic carbocycles. The maximum absolute atomic E-state index is 13.6. The fourth-order valence-electron chi connectivity index (χ4n) is 1.89. The second kappa shape index (κ2) is 4.40.